The van der Waals surface area contributed by atoms with E-state index >= 15 is 0 Å². The summed E-state index contributed by atoms with van der Waals surface area (Å²) in [5.74, 6) is -0.844. The number of carbonyl (C=O) groups excluding carboxylic acids is 1. The fourth-order valence-electron chi connectivity index (χ4n) is 3.08. The number of hydrogen-bond donors (Lipinski definition) is 0. The number of nitro benzene ring substituents is 1. The topological polar surface area (TPSA) is 125 Å². The van der Waals surface area contributed by atoms with Crippen molar-refractivity contribution in [2.24, 2.45) is 0 Å². The number of hydrogen-bond acceptors (Lipinski definition) is 7. The first-order chi connectivity index (χ1) is 13.0. The second-order valence-electron chi connectivity index (χ2n) is 6.03. The molecule has 4 rings (SSSR count). The van der Waals surface area contributed by atoms with Gasteiger partial charge in [-0.1, -0.05) is 0 Å². The lowest BCUT2D eigenvalue weighted by molar-refractivity contribution is -0.384. The van der Waals surface area contributed by atoms with E-state index in [0.717, 1.165) is 10.2 Å². The number of anilines is 1. The van der Waals surface area contributed by atoms with Crippen LogP contribution in [0.5, 0.6) is 0 Å². The standard InChI is InChI=1S/C17H14N4O6/c22-15(10-20-17(23)27-16(18-20)14-4-2-8-26-14)19-7-1-3-11-9-12(21(24)25)5-6-13(11)19/h2,4-6,8-9H,1,3,7,10H2. The summed E-state index contributed by atoms with van der Waals surface area (Å²) in [6.45, 7) is 0.154. The molecule has 0 atom stereocenters. The summed E-state index contributed by atoms with van der Waals surface area (Å²) >= 11 is 0. The summed E-state index contributed by atoms with van der Waals surface area (Å²) in [6, 6.07) is 7.62. The molecule has 0 saturated heterocycles. The van der Waals surface area contributed by atoms with Crippen molar-refractivity contribution in [3.63, 3.8) is 0 Å². The Morgan fingerprint density at radius 3 is 2.93 bits per heavy atom. The highest BCUT2D eigenvalue weighted by Crippen LogP contribution is 2.30. The van der Waals surface area contributed by atoms with Crippen molar-refractivity contribution < 1.29 is 18.6 Å². The van der Waals surface area contributed by atoms with Crippen molar-refractivity contribution in [3.05, 3.63) is 62.8 Å². The molecule has 10 heteroatoms. The molecular formula is C17H14N4O6. The minimum atomic E-state index is -0.768. The van der Waals surface area contributed by atoms with E-state index in [-0.39, 0.29) is 29.8 Å². The number of carbonyl (C=O) groups is 1. The molecule has 27 heavy (non-hydrogen) atoms. The van der Waals surface area contributed by atoms with Crippen LogP contribution in [-0.2, 0) is 17.8 Å². The van der Waals surface area contributed by atoms with Crippen LogP contribution in [-0.4, -0.2) is 27.2 Å². The molecule has 1 amide bonds. The molecule has 1 aliphatic rings. The van der Waals surface area contributed by atoms with Gasteiger partial charge in [0, 0.05) is 24.4 Å². The van der Waals surface area contributed by atoms with Crippen molar-refractivity contribution in [2.75, 3.05) is 11.4 Å². The van der Waals surface area contributed by atoms with Gasteiger partial charge >= 0.3 is 5.76 Å². The van der Waals surface area contributed by atoms with E-state index in [9.17, 15) is 19.7 Å². The molecular weight excluding hydrogens is 356 g/mol. The summed E-state index contributed by atoms with van der Waals surface area (Å²) < 4.78 is 11.1. The predicted molar refractivity (Wildman–Crippen MR) is 92.2 cm³/mol. The molecule has 1 aliphatic heterocycles. The summed E-state index contributed by atoms with van der Waals surface area (Å²) in [6.07, 6.45) is 2.74. The molecule has 0 bridgehead atoms. The first-order valence-corrected chi connectivity index (χ1v) is 8.22. The zero-order valence-corrected chi connectivity index (χ0v) is 14.0. The third-order valence-corrected chi connectivity index (χ3v) is 4.32. The van der Waals surface area contributed by atoms with E-state index in [1.165, 1.54) is 23.3 Å². The van der Waals surface area contributed by atoms with E-state index in [0.29, 0.717) is 25.1 Å². The van der Waals surface area contributed by atoms with Gasteiger partial charge < -0.3 is 13.7 Å². The minimum absolute atomic E-state index is 0.00697. The van der Waals surface area contributed by atoms with Crippen LogP contribution in [0.2, 0.25) is 0 Å². The number of nitro groups is 1. The van der Waals surface area contributed by atoms with Gasteiger partial charge in [0.2, 0.25) is 5.91 Å². The lowest BCUT2D eigenvalue weighted by Crippen LogP contribution is -2.39. The van der Waals surface area contributed by atoms with Crippen LogP contribution in [0.3, 0.4) is 0 Å². The summed E-state index contributed by atoms with van der Waals surface area (Å²) in [4.78, 5) is 36.7. The van der Waals surface area contributed by atoms with Crippen molar-refractivity contribution in [1.82, 2.24) is 9.78 Å². The van der Waals surface area contributed by atoms with Gasteiger partial charge in [-0.05, 0) is 36.6 Å². The van der Waals surface area contributed by atoms with E-state index in [2.05, 4.69) is 5.10 Å². The highest BCUT2D eigenvalue weighted by atomic mass is 16.6. The largest absolute Gasteiger partial charge is 0.459 e. The Bertz CT molecular complexity index is 1070. The van der Waals surface area contributed by atoms with Crippen molar-refractivity contribution in [3.8, 4) is 11.7 Å². The van der Waals surface area contributed by atoms with Crippen LogP contribution in [0.25, 0.3) is 11.7 Å². The summed E-state index contributed by atoms with van der Waals surface area (Å²) in [5, 5.41) is 14.9. The molecule has 3 heterocycles. The molecule has 0 saturated carbocycles. The number of nitrogens with zero attached hydrogens (tertiary/aromatic N) is 4. The van der Waals surface area contributed by atoms with E-state index in [1.54, 1.807) is 18.2 Å². The second kappa shape index (κ2) is 6.56. The van der Waals surface area contributed by atoms with Gasteiger partial charge in [-0.25, -0.2) is 4.79 Å². The molecule has 0 N–H and O–H groups in total. The van der Waals surface area contributed by atoms with Crippen molar-refractivity contribution in [2.45, 2.75) is 19.4 Å². The maximum absolute atomic E-state index is 12.7. The second-order valence-corrected chi connectivity index (χ2v) is 6.03. The quantitative estimate of drug-likeness (QED) is 0.508. The van der Waals surface area contributed by atoms with Crippen LogP contribution in [0.4, 0.5) is 11.4 Å². The predicted octanol–water partition coefficient (Wildman–Crippen LogP) is 1.98. The van der Waals surface area contributed by atoms with Gasteiger partial charge in [0.25, 0.3) is 11.6 Å². The van der Waals surface area contributed by atoms with E-state index < -0.39 is 10.7 Å². The Morgan fingerprint density at radius 2 is 2.19 bits per heavy atom. The Morgan fingerprint density at radius 1 is 1.33 bits per heavy atom. The molecule has 3 aromatic rings. The Balaban J connectivity index is 1.58. The molecule has 10 nitrogen and oxygen atoms in total. The molecule has 0 fully saturated rings. The van der Waals surface area contributed by atoms with E-state index in [1.807, 2.05) is 0 Å². The average Bonchev–Trinajstić information content (AvgIpc) is 3.31. The Labute approximate surface area is 151 Å². The zero-order chi connectivity index (χ0) is 19.0. The Hall–Kier alpha value is -3.69. The number of non-ortho nitro benzene ring substituents is 1. The molecule has 0 spiro atoms. The number of furan rings is 1. The molecule has 2 aromatic heterocycles. The van der Waals surface area contributed by atoms with Crippen molar-refractivity contribution >= 4 is 17.3 Å². The first-order valence-electron chi connectivity index (χ1n) is 8.22. The van der Waals surface area contributed by atoms with Gasteiger partial charge in [-0.3, -0.25) is 14.9 Å². The fourth-order valence-corrected chi connectivity index (χ4v) is 3.08. The number of aromatic nitrogens is 2. The smallest absolute Gasteiger partial charge is 0.437 e. The Kier molecular flexibility index (Phi) is 4.07. The van der Waals surface area contributed by atoms with Gasteiger partial charge in [-0.15, -0.1) is 5.10 Å². The SMILES string of the molecule is O=C(Cn1nc(-c2ccco2)oc1=O)N1CCCc2cc([N+](=O)[O-])ccc21. The lowest BCUT2D eigenvalue weighted by Gasteiger charge is -2.29. The number of fused-ring (bicyclic) bond motifs is 1. The maximum Gasteiger partial charge on any atom is 0.437 e. The highest BCUT2D eigenvalue weighted by Gasteiger charge is 2.26. The van der Waals surface area contributed by atoms with Crippen LogP contribution in [0.1, 0.15) is 12.0 Å². The average molecular weight is 370 g/mol. The van der Waals surface area contributed by atoms with Crippen molar-refractivity contribution in [1.29, 1.82) is 0 Å². The molecule has 0 unspecified atom stereocenters. The highest BCUT2D eigenvalue weighted by molar-refractivity contribution is 5.94. The zero-order valence-electron chi connectivity index (χ0n) is 14.0. The lowest BCUT2D eigenvalue weighted by atomic mass is 10.0. The van der Waals surface area contributed by atoms with Crippen LogP contribution < -0.4 is 10.7 Å². The monoisotopic (exact) mass is 370 g/mol. The van der Waals surface area contributed by atoms with Crippen LogP contribution in [0.15, 0.2) is 50.2 Å². The molecule has 1 aromatic carbocycles. The number of rotatable bonds is 4. The van der Waals surface area contributed by atoms with Gasteiger partial charge in [-0.2, -0.15) is 4.68 Å². The van der Waals surface area contributed by atoms with E-state index in [4.69, 9.17) is 8.83 Å². The van der Waals surface area contributed by atoms with Gasteiger partial charge in [0.15, 0.2) is 5.76 Å². The first kappa shape index (κ1) is 16.8. The molecule has 0 radical (unpaired) electrons. The third-order valence-electron chi connectivity index (χ3n) is 4.32. The number of benzene rings is 1. The van der Waals surface area contributed by atoms with Crippen LogP contribution in [0, 0.1) is 10.1 Å². The van der Waals surface area contributed by atoms with Gasteiger partial charge in [0.05, 0.1) is 11.2 Å². The molecule has 0 aliphatic carbocycles. The maximum atomic E-state index is 12.7. The summed E-state index contributed by atoms with van der Waals surface area (Å²) in [7, 11) is 0. The normalized spacial score (nSPS) is 13.4. The number of amides is 1. The fraction of sp³-hybridized carbons (Fsp3) is 0.235. The molecule has 138 valence electrons. The summed E-state index contributed by atoms with van der Waals surface area (Å²) in [5.41, 5.74) is 1.33. The van der Waals surface area contributed by atoms with Crippen LogP contribution >= 0.6 is 0 Å². The third kappa shape index (κ3) is 3.12. The number of aryl methyl sites for hydroxylation is 1. The van der Waals surface area contributed by atoms with Gasteiger partial charge in [0.1, 0.15) is 6.54 Å². The minimum Gasteiger partial charge on any atom is -0.459 e.